The number of carbonyl (C=O) groups is 1. The van der Waals surface area contributed by atoms with Crippen molar-refractivity contribution < 1.29 is 9.53 Å². The molecular weight excluding hydrogens is 342 g/mol. The Morgan fingerprint density at radius 3 is 2.93 bits per heavy atom. The molecule has 0 aliphatic carbocycles. The van der Waals surface area contributed by atoms with Gasteiger partial charge in [0.2, 0.25) is 0 Å². The summed E-state index contributed by atoms with van der Waals surface area (Å²) in [5, 5.41) is 4.70. The number of amides is 1. The van der Waals surface area contributed by atoms with Crippen molar-refractivity contribution in [1.29, 1.82) is 0 Å². The zero-order valence-electron chi connectivity index (χ0n) is 16.5. The van der Waals surface area contributed by atoms with Crippen LogP contribution in [0.1, 0.15) is 54.2 Å². The Morgan fingerprint density at radius 1 is 1.33 bits per heavy atom. The predicted octanol–water partition coefficient (Wildman–Crippen LogP) is 2.41. The summed E-state index contributed by atoms with van der Waals surface area (Å²) < 4.78 is 7.77. The summed E-state index contributed by atoms with van der Waals surface area (Å²) in [6, 6.07) is 3.98. The van der Waals surface area contributed by atoms with E-state index in [-0.39, 0.29) is 18.1 Å². The summed E-state index contributed by atoms with van der Waals surface area (Å²) in [5.41, 5.74) is 3.77. The smallest absolute Gasteiger partial charge is 0.272 e. The minimum Gasteiger partial charge on any atom is -0.369 e. The number of likely N-dealkylation sites (N-methyl/N-ethyl adjacent to an activating group) is 1. The molecule has 7 heteroatoms. The molecular formula is C20H27N5O2. The first-order valence-electron chi connectivity index (χ1n) is 9.69. The fourth-order valence-electron chi connectivity index (χ4n) is 4.14. The summed E-state index contributed by atoms with van der Waals surface area (Å²) in [6.45, 7) is 8.75. The second kappa shape index (κ2) is 6.96. The molecule has 0 bridgehead atoms. The highest BCUT2D eigenvalue weighted by molar-refractivity contribution is 5.94. The molecule has 7 nitrogen and oxygen atoms in total. The van der Waals surface area contributed by atoms with Gasteiger partial charge in [0.25, 0.3) is 5.91 Å². The molecule has 4 heterocycles. The number of anilines is 1. The Morgan fingerprint density at radius 2 is 2.15 bits per heavy atom. The number of aryl methyl sites for hydroxylation is 1. The molecule has 144 valence electrons. The van der Waals surface area contributed by atoms with Crippen LogP contribution in [-0.2, 0) is 24.2 Å². The molecule has 0 spiro atoms. The van der Waals surface area contributed by atoms with Crippen LogP contribution in [-0.4, -0.2) is 51.8 Å². The van der Waals surface area contributed by atoms with Crippen LogP contribution in [0.4, 0.5) is 5.82 Å². The van der Waals surface area contributed by atoms with Gasteiger partial charge in [0.05, 0.1) is 17.9 Å². The lowest BCUT2D eigenvalue weighted by Gasteiger charge is -2.26. The van der Waals surface area contributed by atoms with E-state index in [4.69, 9.17) is 9.84 Å². The van der Waals surface area contributed by atoms with Crippen LogP contribution in [0.3, 0.4) is 0 Å². The number of fused-ring (bicyclic) bond motifs is 2. The molecule has 0 radical (unpaired) electrons. The van der Waals surface area contributed by atoms with Crippen LogP contribution in [0.25, 0.3) is 0 Å². The molecule has 2 aromatic heterocycles. The van der Waals surface area contributed by atoms with Crippen LogP contribution in [0.5, 0.6) is 0 Å². The quantitative estimate of drug-likeness (QED) is 0.813. The standard InChI is InChI=1S/C20H27N5O2/c1-5-25-18(16-11-13(2)27-14(3)17(16)22-25)20(26)24-10-9-23(4)19-15(12-24)7-6-8-21-19/h6-8,13-14H,5,9-12H2,1-4H3/t13-,14+/m0/s1. The number of rotatable bonds is 2. The van der Waals surface area contributed by atoms with Gasteiger partial charge in [-0.1, -0.05) is 6.07 Å². The first-order chi connectivity index (χ1) is 13.0. The van der Waals surface area contributed by atoms with E-state index in [9.17, 15) is 4.79 Å². The summed E-state index contributed by atoms with van der Waals surface area (Å²) in [4.78, 5) is 22.1. The van der Waals surface area contributed by atoms with Crippen molar-refractivity contribution in [3.8, 4) is 0 Å². The molecule has 0 aromatic carbocycles. The Balaban J connectivity index is 1.71. The molecule has 0 saturated carbocycles. The topological polar surface area (TPSA) is 63.5 Å². The van der Waals surface area contributed by atoms with E-state index in [0.717, 1.165) is 41.3 Å². The Labute approximate surface area is 159 Å². The zero-order chi connectivity index (χ0) is 19.1. The van der Waals surface area contributed by atoms with Gasteiger partial charge in [-0.2, -0.15) is 5.10 Å². The Hall–Kier alpha value is -2.41. The normalized spacial score (nSPS) is 22.2. The van der Waals surface area contributed by atoms with Gasteiger partial charge in [0, 0.05) is 57.0 Å². The summed E-state index contributed by atoms with van der Waals surface area (Å²) in [5.74, 6) is 1.01. The number of hydrogen-bond acceptors (Lipinski definition) is 5. The molecule has 2 aromatic rings. The molecule has 0 fully saturated rings. The fourth-order valence-corrected chi connectivity index (χ4v) is 4.14. The number of hydrogen-bond donors (Lipinski definition) is 0. The monoisotopic (exact) mass is 369 g/mol. The van der Waals surface area contributed by atoms with E-state index in [1.807, 2.05) is 36.5 Å². The fraction of sp³-hybridized carbons (Fsp3) is 0.550. The molecule has 4 rings (SSSR count). The number of carbonyl (C=O) groups excluding carboxylic acids is 1. The second-order valence-electron chi connectivity index (χ2n) is 7.46. The van der Waals surface area contributed by atoms with Crippen LogP contribution in [0.15, 0.2) is 18.3 Å². The third-order valence-electron chi connectivity index (χ3n) is 5.48. The molecule has 0 unspecified atom stereocenters. The lowest BCUT2D eigenvalue weighted by molar-refractivity contribution is -0.00716. The van der Waals surface area contributed by atoms with Gasteiger partial charge in [-0.3, -0.25) is 9.48 Å². The van der Waals surface area contributed by atoms with Gasteiger partial charge >= 0.3 is 0 Å². The molecule has 27 heavy (non-hydrogen) atoms. The lowest BCUT2D eigenvalue weighted by Crippen LogP contribution is -2.36. The van der Waals surface area contributed by atoms with Crippen molar-refractivity contribution in [2.45, 2.75) is 52.5 Å². The van der Waals surface area contributed by atoms with Crippen molar-refractivity contribution in [2.24, 2.45) is 0 Å². The van der Waals surface area contributed by atoms with Crippen LogP contribution in [0.2, 0.25) is 0 Å². The minimum atomic E-state index is -0.0803. The van der Waals surface area contributed by atoms with Crippen LogP contribution < -0.4 is 4.90 Å². The maximum atomic E-state index is 13.6. The van der Waals surface area contributed by atoms with Gasteiger partial charge in [0.1, 0.15) is 11.5 Å². The van der Waals surface area contributed by atoms with E-state index >= 15 is 0 Å². The second-order valence-corrected chi connectivity index (χ2v) is 7.46. The summed E-state index contributed by atoms with van der Waals surface area (Å²) in [6.07, 6.45) is 2.54. The molecule has 2 aliphatic heterocycles. The van der Waals surface area contributed by atoms with Crippen LogP contribution in [0, 0.1) is 0 Å². The van der Waals surface area contributed by atoms with Crippen LogP contribution >= 0.6 is 0 Å². The van der Waals surface area contributed by atoms with Gasteiger partial charge in [-0.25, -0.2) is 4.98 Å². The van der Waals surface area contributed by atoms with Crippen molar-refractivity contribution in [2.75, 3.05) is 25.0 Å². The Kier molecular flexibility index (Phi) is 4.63. The highest BCUT2D eigenvalue weighted by atomic mass is 16.5. The highest BCUT2D eigenvalue weighted by Crippen LogP contribution is 2.32. The first-order valence-corrected chi connectivity index (χ1v) is 9.69. The van der Waals surface area contributed by atoms with Crippen molar-refractivity contribution in [3.63, 3.8) is 0 Å². The van der Waals surface area contributed by atoms with Gasteiger partial charge < -0.3 is 14.5 Å². The average molecular weight is 369 g/mol. The summed E-state index contributed by atoms with van der Waals surface area (Å²) >= 11 is 0. The first kappa shape index (κ1) is 18.0. The highest BCUT2D eigenvalue weighted by Gasteiger charge is 2.34. The molecule has 2 atom stereocenters. The molecule has 0 N–H and O–H groups in total. The number of pyridine rings is 1. The van der Waals surface area contributed by atoms with E-state index in [2.05, 4.69) is 22.9 Å². The largest absolute Gasteiger partial charge is 0.369 e. The lowest BCUT2D eigenvalue weighted by atomic mass is 9.99. The van der Waals surface area contributed by atoms with Crippen molar-refractivity contribution in [1.82, 2.24) is 19.7 Å². The predicted molar refractivity (Wildman–Crippen MR) is 103 cm³/mol. The van der Waals surface area contributed by atoms with Gasteiger partial charge in [-0.15, -0.1) is 0 Å². The molecule has 1 amide bonds. The molecule has 0 saturated heterocycles. The van der Waals surface area contributed by atoms with E-state index in [0.29, 0.717) is 19.6 Å². The maximum absolute atomic E-state index is 13.6. The van der Waals surface area contributed by atoms with E-state index in [1.54, 1.807) is 6.20 Å². The third-order valence-corrected chi connectivity index (χ3v) is 5.48. The van der Waals surface area contributed by atoms with Crippen molar-refractivity contribution in [3.05, 3.63) is 40.8 Å². The summed E-state index contributed by atoms with van der Waals surface area (Å²) in [7, 11) is 2.03. The number of aromatic nitrogens is 3. The van der Waals surface area contributed by atoms with Crippen molar-refractivity contribution >= 4 is 11.7 Å². The Bertz CT molecular complexity index is 862. The maximum Gasteiger partial charge on any atom is 0.272 e. The third kappa shape index (κ3) is 3.10. The van der Waals surface area contributed by atoms with E-state index < -0.39 is 0 Å². The van der Waals surface area contributed by atoms with Gasteiger partial charge in [-0.05, 0) is 26.8 Å². The van der Waals surface area contributed by atoms with E-state index in [1.165, 1.54) is 0 Å². The number of nitrogens with zero attached hydrogens (tertiary/aromatic N) is 5. The van der Waals surface area contributed by atoms with Gasteiger partial charge in [0.15, 0.2) is 0 Å². The zero-order valence-corrected chi connectivity index (χ0v) is 16.5. The number of ether oxygens (including phenoxy) is 1. The minimum absolute atomic E-state index is 0.0528. The molecule has 2 aliphatic rings. The SMILES string of the molecule is CCn1nc2c(c1C(=O)N1CCN(C)c3ncccc3C1)C[C@H](C)O[C@@H]2C. The average Bonchev–Trinajstić information content (AvgIpc) is 2.94.